The Balaban J connectivity index is 2.05. The first-order valence-corrected chi connectivity index (χ1v) is 6.60. The summed E-state index contributed by atoms with van der Waals surface area (Å²) in [7, 11) is 0. The standard InChI is InChI=1S/C13H18N6O/c1-3-14-12-10(6-5-7-15-12)13(20)16-8-11-18-17-9-19(11)4-2/h5-7,9H,3-4,8H2,1-2H3,(H,14,15)(H,16,20). The number of aryl methyl sites for hydroxylation is 1. The maximum atomic E-state index is 12.2. The fraction of sp³-hybridized carbons (Fsp3) is 0.385. The van der Waals surface area contributed by atoms with Crippen LogP contribution in [0.2, 0.25) is 0 Å². The summed E-state index contributed by atoms with van der Waals surface area (Å²) in [5.74, 6) is 1.14. The third kappa shape index (κ3) is 3.11. The summed E-state index contributed by atoms with van der Waals surface area (Å²) in [4.78, 5) is 16.3. The number of hydrogen-bond donors (Lipinski definition) is 2. The molecule has 0 saturated carbocycles. The van der Waals surface area contributed by atoms with Crippen molar-refractivity contribution in [2.75, 3.05) is 11.9 Å². The highest BCUT2D eigenvalue weighted by Crippen LogP contribution is 2.11. The lowest BCUT2D eigenvalue weighted by molar-refractivity contribution is 0.0950. The van der Waals surface area contributed by atoms with E-state index in [-0.39, 0.29) is 5.91 Å². The summed E-state index contributed by atoms with van der Waals surface area (Å²) in [6, 6.07) is 3.48. The lowest BCUT2D eigenvalue weighted by atomic mass is 10.2. The molecule has 0 saturated heterocycles. The third-order valence-electron chi connectivity index (χ3n) is 2.84. The molecule has 2 aromatic rings. The molecule has 7 heteroatoms. The molecule has 1 amide bonds. The molecular formula is C13H18N6O. The highest BCUT2D eigenvalue weighted by atomic mass is 16.1. The Kier molecular flexibility index (Phi) is 4.65. The van der Waals surface area contributed by atoms with Gasteiger partial charge in [0.05, 0.1) is 12.1 Å². The van der Waals surface area contributed by atoms with Gasteiger partial charge in [-0.1, -0.05) is 0 Å². The van der Waals surface area contributed by atoms with Crippen molar-refractivity contribution in [2.45, 2.75) is 26.9 Å². The molecule has 0 aliphatic carbocycles. The molecule has 0 unspecified atom stereocenters. The fourth-order valence-electron chi connectivity index (χ4n) is 1.83. The van der Waals surface area contributed by atoms with Crippen LogP contribution in [-0.2, 0) is 13.1 Å². The zero-order valence-electron chi connectivity index (χ0n) is 11.6. The van der Waals surface area contributed by atoms with Crippen molar-refractivity contribution in [2.24, 2.45) is 0 Å². The van der Waals surface area contributed by atoms with Crippen LogP contribution in [0.25, 0.3) is 0 Å². The van der Waals surface area contributed by atoms with E-state index in [4.69, 9.17) is 0 Å². The molecule has 0 aromatic carbocycles. The predicted octanol–water partition coefficient (Wildman–Crippen LogP) is 1.05. The molecule has 106 valence electrons. The Labute approximate surface area is 117 Å². The second-order valence-corrected chi connectivity index (χ2v) is 4.15. The molecular weight excluding hydrogens is 256 g/mol. The minimum atomic E-state index is -0.181. The van der Waals surface area contributed by atoms with E-state index in [0.29, 0.717) is 24.5 Å². The maximum Gasteiger partial charge on any atom is 0.255 e. The summed E-state index contributed by atoms with van der Waals surface area (Å²) >= 11 is 0. The van der Waals surface area contributed by atoms with Crippen molar-refractivity contribution >= 4 is 11.7 Å². The Morgan fingerprint density at radius 1 is 1.40 bits per heavy atom. The largest absolute Gasteiger partial charge is 0.370 e. The Morgan fingerprint density at radius 3 is 3.00 bits per heavy atom. The van der Waals surface area contributed by atoms with Crippen molar-refractivity contribution in [3.05, 3.63) is 36.0 Å². The number of nitrogens with zero attached hydrogens (tertiary/aromatic N) is 4. The molecule has 0 atom stereocenters. The van der Waals surface area contributed by atoms with Crippen LogP contribution < -0.4 is 10.6 Å². The van der Waals surface area contributed by atoms with Gasteiger partial charge in [-0.3, -0.25) is 4.79 Å². The van der Waals surface area contributed by atoms with Gasteiger partial charge in [0, 0.05) is 19.3 Å². The van der Waals surface area contributed by atoms with E-state index in [1.54, 1.807) is 24.7 Å². The number of hydrogen-bond acceptors (Lipinski definition) is 5. The van der Waals surface area contributed by atoms with Crippen LogP contribution in [0.5, 0.6) is 0 Å². The van der Waals surface area contributed by atoms with Gasteiger partial charge in [0.2, 0.25) is 0 Å². The average Bonchev–Trinajstić information content (AvgIpc) is 2.93. The van der Waals surface area contributed by atoms with Gasteiger partial charge in [0.15, 0.2) is 5.82 Å². The van der Waals surface area contributed by atoms with Gasteiger partial charge >= 0.3 is 0 Å². The van der Waals surface area contributed by atoms with E-state index in [1.807, 2.05) is 18.4 Å². The average molecular weight is 274 g/mol. The van der Waals surface area contributed by atoms with Gasteiger partial charge in [-0.15, -0.1) is 10.2 Å². The van der Waals surface area contributed by atoms with Crippen LogP contribution in [0.15, 0.2) is 24.7 Å². The molecule has 20 heavy (non-hydrogen) atoms. The summed E-state index contributed by atoms with van der Waals surface area (Å²) in [5, 5.41) is 13.7. The smallest absolute Gasteiger partial charge is 0.255 e. The second kappa shape index (κ2) is 6.65. The molecule has 0 radical (unpaired) electrons. The molecule has 2 rings (SSSR count). The molecule has 0 bridgehead atoms. The zero-order chi connectivity index (χ0) is 14.4. The van der Waals surface area contributed by atoms with E-state index in [1.165, 1.54) is 0 Å². The Bertz CT molecular complexity index is 580. The summed E-state index contributed by atoms with van der Waals surface area (Å²) in [6.07, 6.45) is 3.30. The molecule has 0 aliphatic heterocycles. The van der Waals surface area contributed by atoms with E-state index in [2.05, 4.69) is 25.8 Å². The molecule has 0 aliphatic rings. The topological polar surface area (TPSA) is 84.7 Å². The summed E-state index contributed by atoms with van der Waals surface area (Å²) in [5.41, 5.74) is 0.525. The lowest BCUT2D eigenvalue weighted by Gasteiger charge is -2.10. The van der Waals surface area contributed by atoms with Gasteiger partial charge in [0.1, 0.15) is 12.1 Å². The van der Waals surface area contributed by atoms with Crippen LogP contribution in [0.4, 0.5) is 5.82 Å². The predicted molar refractivity (Wildman–Crippen MR) is 75.3 cm³/mol. The van der Waals surface area contributed by atoms with Gasteiger partial charge in [-0.05, 0) is 26.0 Å². The molecule has 0 spiro atoms. The number of nitrogens with one attached hydrogen (secondary N) is 2. The van der Waals surface area contributed by atoms with Crippen molar-refractivity contribution in [3.8, 4) is 0 Å². The number of rotatable bonds is 6. The summed E-state index contributed by atoms with van der Waals surface area (Å²) < 4.78 is 1.88. The second-order valence-electron chi connectivity index (χ2n) is 4.15. The highest BCUT2D eigenvalue weighted by molar-refractivity contribution is 5.98. The van der Waals surface area contributed by atoms with Crippen LogP contribution >= 0.6 is 0 Å². The number of amides is 1. The van der Waals surface area contributed by atoms with Crippen LogP contribution in [0.1, 0.15) is 30.0 Å². The van der Waals surface area contributed by atoms with Crippen LogP contribution in [0.3, 0.4) is 0 Å². The SMILES string of the molecule is CCNc1ncccc1C(=O)NCc1nncn1CC. The minimum Gasteiger partial charge on any atom is -0.370 e. The normalized spacial score (nSPS) is 10.3. The number of aromatic nitrogens is 4. The third-order valence-corrected chi connectivity index (χ3v) is 2.84. The molecule has 0 fully saturated rings. The van der Waals surface area contributed by atoms with Crippen molar-refractivity contribution in [3.63, 3.8) is 0 Å². The van der Waals surface area contributed by atoms with Crippen LogP contribution in [0, 0.1) is 0 Å². The van der Waals surface area contributed by atoms with Crippen molar-refractivity contribution < 1.29 is 4.79 Å². The first-order chi connectivity index (χ1) is 9.76. The van der Waals surface area contributed by atoms with E-state index < -0.39 is 0 Å². The Morgan fingerprint density at radius 2 is 2.25 bits per heavy atom. The van der Waals surface area contributed by atoms with Crippen LogP contribution in [-0.4, -0.2) is 32.2 Å². The van der Waals surface area contributed by atoms with Gasteiger partial charge in [-0.2, -0.15) is 0 Å². The van der Waals surface area contributed by atoms with E-state index in [9.17, 15) is 4.79 Å². The van der Waals surface area contributed by atoms with Gasteiger partial charge < -0.3 is 15.2 Å². The van der Waals surface area contributed by atoms with Gasteiger partial charge in [-0.25, -0.2) is 4.98 Å². The van der Waals surface area contributed by atoms with E-state index >= 15 is 0 Å². The summed E-state index contributed by atoms with van der Waals surface area (Å²) in [6.45, 7) is 5.78. The lowest BCUT2D eigenvalue weighted by Crippen LogP contribution is -2.26. The van der Waals surface area contributed by atoms with Gasteiger partial charge in [0.25, 0.3) is 5.91 Å². The zero-order valence-corrected chi connectivity index (χ0v) is 11.6. The highest BCUT2D eigenvalue weighted by Gasteiger charge is 2.12. The van der Waals surface area contributed by atoms with Crippen molar-refractivity contribution in [1.82, 2.24) is 25.1 Å². The first kappa shape index (κ1) is 14.0. The number of carbonyl (C=O) groups is 1. The van der Waals surface area contributed by atoms with E-state index in [0.717, 1.165) is 12.4 Å². The quantitative estimate of drug-likeness (QED) is 0.822. The minimum absolute atomic E-state index is 0.181. The number of pyridine rings is 1. The molecule has 2 N–H and O–H groups in total. The monoisotopic (exact) mass is 274 g/mol. The first-order valence-electron chi connectivity index (χ1n) is 6.60. The molecule has 2 aromatic heterocycles. The fourth-order valence-corrected chi connectivity index (χ4v) is 1.83. The number of anilines is 1. The van der Waals surface area contributed by atoms with Crippen molar-refractivity contribution in [1.29, 1.82) is 0 Å². The Hall–Kier alpha value is -2.44. The number of carbonyl (C=O) groups excluding carboxylic acids is 1. The molecule has 7 nitrogen and oxygen atoms in total. The molecule has 2 heterocycles. The maximum absolute atomic E-state index is 12.2.